The van der Waals surface area contributed by atoms with Crippen LogP contribution in [0.3, 0.4) is 0 Å². The number of anilines is 1. The molecule has 0 aliphatic rings. The van der Waals surface area contributed by atoms with E-state index in [2.05, 4.69) is 26.6 Å². The second kappa shape index (κ2) is 10.9. The Morgan fingerprint density at radius 2 is 1.82 bits per heavy atom. The lowest BCUT2D eigenvalue weighted by molar-refractivity contribution is -0.384. The van der Waals surface area contributed by atoms with E-state index in [4.69, 9.17) is 16.3 Å². The first-order chi connectivity index (χ1) is 16.2. The van der Waals surface area contributed by atoms with Gasteiger partial charge in [0.25, 0.3) is 17.5 Å². The molecule has 34 heavy (non-hydrogen) atoms. The van der Waals surface area contributed by atoms with Crippen molar-refractivity contribution < 1.29 is 23.6 Å². The van der Waals surface area contributed by atoms with Crippen LogP contribution in [0, 0.1) is 15.9 Å². The van der Waals surface area contributed by atoms with Gasteiger partial charge in [-0.05, 0) is 76.1 Å². The number of ether oxygens (including phenoxy) is 1. The second-order valence-corrected chi connectivity index (χ2v) is 8.05. The van der Waals surface area contributed by atoms with Gasteiger partial charge in [-0.2, -0.15) is 0 Å². The maximum atomic E-state index is 13.4. The van der Waals surface area contributed by atoms with E-state index >= 15 is 0 Å². The van der Waals surface area contributed by atoms with Gasteiger partial charge in [-0.1, -0.05) is 11.6 Å². The van der Waals surface area contributed by atoms with Gasteiger partial charge in [0.15, 0.2) is 0 Å². The van der Waals surface area contributed by atoms with E-state index in [1.165, 1.54) is 61.7 Å². The van der Waals surface area contributed by atoms with Crippen LogP contribution in [0.15, 0.2) is 70.8 Å². The Labute approximate surface area is 206 Å². The van der Waals surface area contributed by atoms with Gasteiger partial charge in [0, 0.05) is 23.4 Å². The molecule has 2 amide bonds. The lowest BCUT2D eigenvalue weighted by Crippen LogP contribution is -2.30. The summed E-state index contributed by atoms with van der Waals surface area (Å²) in [6.45, 7) is 0. The molecule has 2 N–H and O–H groups in total. The number of nitrogens with zero attached hydrogens (tertiary/aromatic N) is 1. The molecule has 174 valence electrons. The number of halogens is 3. The monoisotopic (exact) mass is 547 g/mol. The number of amides is 2. The van der Waals surface area contributed by atoms with Crippen LogP contribution in [0.4, 0.5) is 15.8 Å². The number of rotatable bonds is 7. The molecule has 0 bridgehead atoms. The molecule has 0 aliphatic carbocycles. The van der Waals surface area contributed by atoms with Crippen molar-refractivity contribution in [3.05, 3.63) is 103 Å². The molecular formula is C23H16BrClFN3O5. The summed E-state index contributed by atoms with van der Waals surface area (Å²) in [5, 5.41) is 15.8. The van der Waals surface area contributed by atoms with Gasteiger partial charge in [0.05, 0.1) is 21.5 Å². The Morgan fingerprint density at radius 3 is 2.41 bits per heavy atom. The first-order valence-corrected chi connectivity index (χ1v) is 10.7. The summed E-state index contributed by atoms with van der Waals surface area (Å²) in [7, 11) is 1.48. The fourth-order valence-corrected chi connectivity index (χ4v) is 3.51. The van der Waals surface area contributed by atoms with E-state index in [0.717, 1.165) is 6.07 Å². The number of hydrogen-bond donors (Lipinski definition) is 2. The maximum absolute atomic E-state index is 13.4. The highest BCUT2D eigenvalue weighted by atomic mass is 79.9. The van der Waals surface area contributed by atoms with Crippen molar-refractivity contribution in [2.24, 2.45) is 0 Å². The largest absolute Gasteiger partial charge is 0.496 e. The Morgan fingerprint density at radius 1 is 1.12 bits per heavy atom. The van der Waals surface area contributed by atoms with Crippen molar-refractivity contribution >= 4 is 56.8 Å². The summed E-state index contributed by atoms with van der Waals surface area (Å²) in [6, 6.07) is 13.6. The van der Waals surface area contributed by atoms with Crippen molar-refractivity contribution in [3.63, 3.8) is 0 Å². The number of carbonyl (C=O) groups excluding carboxylic acids is 2. The first-order valence-electron chi connectivity index (χ1n) is 9.55. The van der Waals surface area contributed by atoms with Gasteiger partial charge >= 0.3 is 0 Å². The molecule has 0 aromatic heterocycles. The number of nitro groups is 1. The van der Waals surface area contributed by atoms with Crippen LogP contribution < -0.4 is 15.4 Å². The van der Waals surface area contributed by atoms with Crippen molar-refractivity contribution in [1.29, 1.82) is 0 Å². The van der Waals surface area contributed by atoms with E-state index in [9.17, 15) is 24.1 Å². The topological polar surface area (TPSA) is 111 Å². The smallest absolute Gasteiger partial charge is 0.272 e. The molecule has 0 saturated carbocycles. The van der Waals surface area contributed by atoms with Gasteiger partial charge in [0.1, 0.15) is 17.3 Å². The van der Waals surface area contributed by atoms with Crippen molar-refractivity contribution in [2.45, 2.75) is 0 Å². The van der Waals surface area contributed by atoms with E-state index < -0.39 is 22.6 Å². The van der Waals surface area contributed by atoms with E-state index in [-0.39, 0.29) is 27.7 Å². The molecule has 3 aromatic carbocycles. The van der Waals surface area contributed by atoms with Crippen LogP contribution in [0.1, 0.15) is 15.9 Å². The van der Waals surface area contributed by atoms with Crippen LogP contribution in [-0.2, 0) is 4.79 Å². The number of carbonyl (C=O) groups is 2. The van der Waals surface area contributed by atoms with Gasteiger partial charge in [-0.3, -0.25) is 19.7 Å². The van der Waals surface area contributed by atoms with Crippen LogP contribution in [0.25, 0.3) is 6.08 Å². The van der Waals surface area contributed by atoms with E-state index in [1.54, 1.807) is 6.07 Å². The quantitative estimate of drug-likeness (QED) is 0.228. The Hall–Kier alpha value is -3.76. The Balaban J connectivity index is 1.92. The minimum atomic E-state index is -0.720. The summed E-state index contributed by atoms with van der Waals surface area (Å²) in [5.74, 6) is -1.45. The van der Waals surface area contributed by atoms with Crippen LogP contribution in [-0.4, -0.2) is 23.8 Å². The molecule has 0 spiro atoms. The van der Waals surface area contributed by atoms with E-state index in [1.807, 2.05) is 0 Å². The number of hydrogen-bond acceptors (Lipinski definition) is 5. The lowest BCUT2D eigenvalue weighted by Gasteiger charge is -2.12. The number of non-ortho nitro benzene ring substituents is 1. The van der Waals surface area contributed by atoms with E-state index in [0.29, 0.717) is 15.8 Å². The van der Waals surface area contributed by atoms with Crippen molar-refractivity contribution in [1.82, 2.24) is 5.32 Å². The number of methoxy groups -OCH3 is 1. The SMILES string of the molecule is COc1ccc(C(=O)N/C(=C\c2ccc([N+](=O)[O-])cc2)C(=O)Nc2ccc(F)c(Cl)c2)cc1Br. The molecule has 8 nitrogen and oxygen atoms in total. The zero-order chi connectivity index (χ0) is 24.8. The zero-order valence-corrected chi connectivity index (χ0v) is 19.8. The van der Waals surface area contributed by atoms with Gasteiger partial charge in [-0.25, -0.2) is 4.39 Å². The highest BCUT2D eigenvalue weighted by molar-refractivity contribution is 9.10. The minimum absolute atomic E-state index is 0.128. The Kier molecular flexibility index (Phi) is 7.98. The summed E-state index contributed by atoms with van der Waals surface area (Å²) < 4.78 is 19.1. The second-order valence-electron chi connectivity index (χ2n) is 6.79. The normalized spacial score (nSPS) is 11.0. The third-order valence-electron chi connectivity index (χ3n) is 4.50. The average molecular weight is 549 g/mol. The first kappa shape index (κ1) is 24.9. The standard InChI is InChI=1S/C23H16BrClFN3O5/c1-34-21-9-4-14(11-17(21)24)22(30)28-20(10-13-2-6-16(7-3-13)29(32)33)23(31)27-15-5-8-19(26)18(25)12-15/h2-12H,1H3,(H,27,31)(H,28,30)/b20-10-. The molecule has 0 atom stereocenters. The van der Waals surface area contributed by atoms with Crippen LogP contribution >= 0.6 is 27.5 Å². The fraction of sp³-hybridized carbons (Fsp3) is 0.0435. The molecule has 11 heteroatoms. The van der Waals surface area contributed by atoms with Gasteiger partial charge in [0.2, 0.25) is 0 Å². The third kappa shape index (κ3) is 6.18. The van der Waals surface area contributed by atoms with Gasteiger partial charge < -0.3 is 15.4 Å². The summed E-state index contributed by atoms with van der Waals surface area (Å²) in [4.78, 5) is 36.1. The molecule has 0 unspecified atom stereocenters. The highest BCUT2D eigenvalue weighted by Gasteiger charge is 2.17. The maximum Gasteiger partial charge on any atom is 0.272 e. The predicted molar refractivity (Wildman–Crippen MR) is 129 cm³/mol. The molecule has 3 rings (SSSR count). The van der Waals surface area contributed by atoms with Crippen LogP contribution in [0.2, 0.25) is 5.02 Å². The van der Waals surface area contributed by atoms with Gasteiger partial charge in [-0.15, -0.1) is 0 Å². The zero-order valence-electron chi connectivity index (χ0n) is 17.5. The molecule has 0 heterocycles. The number of nitrogens with one attached hydrogen (secondary N) is 2. The third-order valence-corrected chi connectivity index (χ3v) is 5.41. The highest BCUT2D eigenvalue weighted by Crippen LogP contribution is 2.26. The predicted octanol–water partition coefficient (Wildman–Crippen LogP) is 5.57. The summed E-state index contributed by atoms with van der Waals surface area (Å²) in [6.07, 6.45) is 1.35. The number of nitro benzene ring substituents is 1. The fourth-order valence-electron chi connectivity index (χ4n) is 2.79. The lowest BCUT2D eigenvalue weighted by atomic mass is 10.1. The molecule has 0 aliphatic heterocycles. The summed E-state index contributed by atoms with van der Waals surface area (Å²) >= 11 is 9.07. The molecule has 0 fully saturated rings. The van der Waals surface area contributed by atoms with Crippen molar-refractivity contribution in [2.75, 3.05) is 12.4 Å². The Bertz CT molecular complexity index is 1300. The summed E-state index contributed by atoms with van der Waals surface area (Å²) in [5.41, 5.74) is 0.568. The van der Waals surface area contributed by atoms with Crippen molar-refractivity contribution in [3.8, 4) is 5.75 Å². The average Bonchev–Trinajstić information content (AvgIpc) is 2.81. The van der Waals surface area contributed by atoms with Crippen LogP contribution in [0.5, 0.6) is 5.75 Å². The molecule has 0 saturated heterocycles. The molecular weight excluding hydrogens is 533 g/mol. The molecule has 3 aromatic rings. The number of benzene rings is 3. The molecule has 0 radical (unpaired) electrons. The minimum Gasteiger partial charge on any atom is -0.496 e.